The molecule has 2 aliphatic rings. The van der Waals surface area contributed by atoms with E-state index < -0.39 is 17.3 Å². The fourth-order valence-electron chi connectivity index (χ4n) is 3.09. The van der Waals surface area contributed by atoms with E-state index in [0.29, 0.717) is 23.5 Å². The number of amides is 1. The van der Waals surface area contributed by atoms with E-state index in [0.717, 1.165) is 11.1 Å². The molecular weight excluding hydrogens is 302 g/mol. The van der Waals surface area contributed by atoms with Crippen molar-refractivity contribution < 1.29 is 14.3 Å². The van der Waals surface area contributed by atoms with Crippen LogP contribution in [-0.2, 0) is 11.3 Å². The van der Waals surface area contributed by atoms with Gasteiger partial charge in [-0.05, 0) is 37.6 Å². The molecule has 24 heavy (non-hydrogen) atoms. The SMILES string of the molecule is CC1(C)C=Cc2cc3c(cc2O1)C(=O)C(=O)N3Cc1ccccc1. The van der Waals surface area contributed by atoms with E-state index >= 15 is 0 Å². The zero-order valence-electron chi connectivity index (χ0n) is 13.6. The Kier molecular flexibility index (Phi) is 3.10. The highest BCUT2D eigenvalue weighted by Crippen LogP contribution is 2.39. The maximum Gasteiger partial charge on any atom is 0.299 e. The van der Waals surface area contributed by atoms with Crippen molar-refractivity contribution >= 4 is 23.5 Å². The first-order chi connectivity index (χ1) is 11.4. The molecule has 2 aliphatic heterocycles. The summed E-state index contributed by atoms with van der Waals surface area (Å²) in [5.74, 6) is -0.317. The largest absolute Gasteiger partial charge is 0.483 e. The number of carbonyl (C=O) groups is 2. The molecule has 4 nitrogen and oxygen atoms in total. The number of rotatable bonds is 2. The zero-order chi connectivity index (χ0) is 16.9. The third kappa shape index (κ3) is 2.31. The molecule has 0 N–H and O–H groups in total. The van der Waals surface area contributed by atoms with Crippen LogP contribution in [0.25, 0.3) is 6.08 Å². The van der Waals surface area contributed by atoms with Crippen molar-refractivity contribution in [1.82, 2.24) is 0 Å². The molecule has 0 aromatic heterocycles. The van der Waals surface area contributed by atoms with Crippen molar-refractivity contribution in [3.05, 3.63) is 65.2 Å². The van der Waals surface area contributed by atoms with Crippen LogP contribution in [0.2, 0.25) is 0 Å². The number of hydrogen-bond acceptors (Lipinski definition) is 3. The van der Waals surface area contributed by atoms with E-state index in [2.05, 4.69) is 0 Å². The number of fused-ring (bicyclic) bond motifs is 2. The predicted octanol–water partition coefficient (Wildman–Crippen LogP) is 3.60. The second-order valence-electron chi connectivity index (χ2n) is 6.65. The van der Waals surface area contributed by atoms with Crippen LogP contribution in [0, 0.1) is 0 Å². The first kappa shape index (κ1) is 14.7. The van der Waals surface area contributed by atoms with Gasteiger partial charge in [0, 0.05) is 5.56 Å². The summed E-state index contributed by atoms with van der Waals surface area (Å²) in [7, 11) is 0. The third-order valence-corrected chi connectivity index (χ3v) is 4.32. The Hall–Kier alpha value is -2.88. The smallest absolute Gasteiger partial charge is 0.299 e. The van der Waals surface area contributed by atoms with E-state index in [4.69, 9.17) is 4.74 Å². The first-order valence-electron chi connectivity index (χ1n) is 7.91. The van der Waals surface area contributed by atoms with Gasteiger partial charge >= 0.3 is 0 Å². The summed E-state index contributed by atoms with van der Waals surface area (Å²) in [5, 5.41) is 0. The number of anilines is 1. The van der Waals surface area contributed by atoms with Gasteiger partial charge < -0.3 is 9.64 Å². The van der Waals surface area contributed by atoms with Gasteiger partial charge in [-0.2, -0.15) is 0 Å². The van der Waals surface area contributed by atoms with E-state index in [1.54, 1.807) is 11.0 Å². The third-order valence-electron chi connectivity index (χ3n) is 4.32. The average Bonchev–Trinajstić information content (AvgIpc) is 2.78. The van der Waals surface area contributed by atoms with Crippen LogP contribution in [0.5, 0.6) is 5.75 Å². The number of ether oxygens (including phenoxy) is 1. The molecule has 0 saturated carbocycles. The fourth-order valence-corrected chi connectivity index (χ4v) is 3.09. The van der Waals surface area contributed by atoms with Crippen molar-refractivity contribution in [3.8, 4) is 5.75 Å². The van der Waals surface area contributed by atoms with Gasteiger partial charge in [-0.15, -0.1) is 0 Å². The Morgan fingerprint density at radius 2 is 1.83 bits per heavy atom. The molecule has 120 valence electrons. The highest BCUT2D eigenvalue weighted by atomic mass is 16.5. The monoisotopic (exact) mass is 319 g/mol. The van der Waals surface area contributed by atoms with Gasteiger partial charge in [-0.3, -0.25) is 9.59 Å². The van der Waals surface area contributed by atoms with Crippen LogP contribution in [-0.4, -0.2) is 17.3 Å². The van der Waals surface area contributed by atoms with Gasteiger partial charge in [-0.25, -0.2) is 0 Å². The van der Waals surface area contributed by atoms with Crippen molar-refractivity contribution in [2.24, 2.45) is 0 Å². The minimum Gasteiger partial charge on any atom is -0.483 e. The number of benzene rings is 2. The van der Waals surface area contributed by atoms with Crippen LogP contribution in [0.3, 0.4) is 0 Å². The minimum atomic E-state index is -0.487. The summed E-state index contributed by atoms with van der Waals surface area (Å²) in [5.41, 5.74) is 2.52. The summed E-state index contributed by atoms with van der Waals surface area (Å²) in [4.78, 5) is 26.3. The molecule has 0 saturated heterocycles. The Bertz CT molecular complexity index is 881. The molecular formula is C20H17NO3. The first-order valence-corrected chi connectivity index (χ1v) is 7.91. The highest BCUT2D eigenvalue weighted by molar-refractivity contribution is 6.52. The maximum atomic E-state index is 12.4. The van der Waals surface area contributed by atoms with Crippen LogP contribution in [0.1, 0.15) is 35.3 Å². The number of carbonyl (C=O) groups excluding carboxylic acids is 2. The molecule has 0 unspecified atom stereocenters. The van der Waals surface area contributed by atoms with Crippen LogP contribution in [0.15, 0.2) is 48.5 Å². The molecule has 2 heterocycles. The van der Waals surface area contributed by atoms with Gasteiger partial charge in [0.1, 0.15) is 11.4 Å². The summed E-state index contributed by atoms with van der Waals surface area (Å²) in [6.07, 6.45) is 3.95. The molecule has 4 rings (SSSR count). The number of ketones is 1. The van der Waals surface area contributed by atoms with E-state index in [1.165, 1.54) is 0 Å². The topological polar surface area (TPSA) is 46.6 Å². The lowest BCUT2D eigenvalue weighted by Crippen LogP contribution is -2.29. The number of hydrogen-bond donors (Lipinski definition) is 0. The number of nitrogens with zero attached hydrogens (tertiary/aromatic N) is 1. The van der Waals surface area contributed by atoms with Crippen LogP contribution in [0.4, 0.5) is 5.69 Å². The molecule has 1 amide bonds. The Morgan fingerprint density at radius 3 is 2.58 bits per heavy atom. The maximum absolute atomic E-state index is 12.4. The fraction of sp³-hybridized carbons (Fsp3) is 0.200. The molecule has 0 spiro atoms. The van der Waals surface area contributed by atoms with Crippen molar-refractivity contribution in [3.63, 3.8) is 0 Å². The van der Waals surface area contributed by atoms with E-state index in [9.17, 15) is 9.59 Å². The summed E-state index contributed by atoms with van der Waals surface area (Å²) in [6.45, 7) is 4.29. The summed E-state index contributed by atoms with van der Waals surface area (Å²) in [6, 6.07) is 13.2. The predicted molar refractivity (Wildman–Crippen MR) is 92.1 cm³/mol. The molecule has 0 bridgehead atoms. The second kappa shape index (κ2) is 5.06. The Labute approximate surface area is 140 Å². The van der Waals surface area contributed by atoms with E-state index in [1.807, 2.05) is 62.4 Å². The lowest BCUT2D eigenvalue weighted by molar-refractivity contribution is -0.114. The molecule has 0 atom stereocenters. The zero-order valence-corrected chi connectivity index (χ0v) is 13.6. The molecule has 0 radical (unpaired) electrons. The lowest BCUT2D eigenvalue weighted by Gasteiger charge is -2.28. The van der Waals surface area contributed by atoms with Gasteiger partial charge in [0.2, 0.25) is 0 Å². The van der Waals surface area contributed by atoms with Crippen molar-refractivity contribution in [1.29, 1.82) is 0 Å². The summed E-state index contributed by atoms with van der Waals surface area (Å²) >= 11 is 0. The van der Waals surface area contributed by atoms with Gasteiger partial charge in [-0.1, -0.05) is 36.4 Å². The van der Waals surface area contributed by atoms with Crippen molar-refractivity contribution in [2.75, 3.05) is 4.90 Å². The Morgan fingerprint density at radius 1 is 1.08 bits per heavy atom. The summed E-state index contributed by atoms with van der Waals surface area (Å²) < 4.78 is 5.91. The molecule has 0 fully saturated rings. The number of Topliss-reactive ketones (excluding diaryl/α,β-unsaturated/α-hetero) is 1. The molecule has 2 aromatic carbocycles. The second-order valence-corrected chi connectivity index (χ2v) is 6.65. The normalized spacial score (nSPS) is 17.5. The minimum absolute atomic E-state index is 0.382. The van der Waals surface area contributed by atoms with Crippen LogP contribution < -0.4 is 9.64 Å². The Balaban J connectivity index is 1.77. The quantitative estimate of drug-likeness (QED) is 0.795. The molecule has 0 aliphatic carbocycles. The molecule has 4 heteroatoms. The van der Waals surface area contributed by atoms with Gasteiger partial charge in [0.25, 0.3) is 11.7 Å². The van der Waals surface area contributed by atoms with Crippen LogP contribution >= 0.6 is 0 Å². The standard InChI is InChI=1S/C20H17NO3/c1-20(2)9-8-14-10-16-15(11-17(14)24-20)18(22)19(23)21(16)12-13-6-4-3-5-7-13/h3-11H,12H2,1-2H3. The van der Waals surface area contributed by atoms with E-state index in [-0.39, 0.29) is 0 Å². The average molecular weight is 319 g/mol. The van der Waals surface area contributed by atoms with Crippen molar-refractivity contribution in [2.45, 2.75) is 26.0 Å². The molecule has 2 aromatic rings. The highest BCUT2D eigenvalue weighted by Gasteiger charge is 2.37. The lowest BCUT2D eigenvalue weighted by atomic mass is 9.99. The van der Waals surface area contributed by atoms with Gasteiger partial charge in [0.15, 0.2) is 0 Å². The van der Waals surface area contributed by atoms with Gasteiger partial charge in [0.05, 0.1) is 17.8 Å².